The Morgan fingerprint density at radius 3 is 2.67 bits per heavy atom. The van der Waals surface area contributed by atoms with E-state index in [4.69, 9.17) is 9.72 Å². The molecule has 2 heterocycles. The predicted octanol–water partition coefficient (Wildman–Crippen LogP) is 4.22. The average Bonchev–Trinajstić information content (AvgIpc) is 3.22. The molecular formula is C22H25N3O2. The highest BCUT2D eigenvalue weighted by molar-refractivity contribution is 5.97. The number of hydrogen-bond donors (Lipinski definition) is 0. The van der Waals surface area contributed by atoms with Crippen LogP contribution in [0.3, 0.4) is 0 Å². The number of para-hydroxylation sites is 4. The number of ether oxygens (including phenoxy) is 1. The molecule has 0 N–H and O–H groups in total. The molecule has 5 heteroatoms. The highest BCUT2D eigenvalue weighted by Gasteiger charge is 2.35. The number of aromatic nitrogens is 2. The minimum Gasteiger partial charge on any atom is -0.495 e. The summed E-state index contributed by atoms with van der Waals surface area (Å²) >= 11 is 0. The van der Waals surface area contributed by atoms with Crippen molar-refractivity contribution in [2.24, 2.45) is 5.92 Å². The van der Waals surface area contributed by atoms with E-state index in [0.717, 1.165) is 34.8 Å². The maximum absolute atomic E-state index is 12.8. The summed E-state index contributed by atoms with van der Waals surface area (Å²) in [5.41, 5.74) is 2.97. The SMILES string of the molecule is COc1ccccc1N1C[C@H](c2nc3ccccc3n2CC(C)C)CC1=O. The predicted molar refractivity (Wildman–Crippen MR) is 107 cm³/mol. The largest absolute Gasteiger partial charge is 0.495 e. The number of carbonyl (C=O) groups is 1. The molecule has 1 atom stereocenters. The molecule has 0 saturated carbocycles. The highest BCUT2D eigenvalue weighted by atomic mass is 16.5. The van der Waals surface area contributed by atoms with Gasteiger partial charge in [0.1, 0.15) is 11.6 Å². The van der Waals surface area contributed by atoms with E-state index in [2.05, 4.69) is 24.5 Å². The van der Waals surface area contributed by atoms with Crippen molar-refractivity contribution in [3.8, 4) is 5.75 Å². The Kier molecular flexibility index (Phi) is 4.60. The lowest BCUT2D eigenvalue weighted by molar-refractivity contribution is -0.117. The molecule has 140 valence electrons. The van der Waals surface area contributed by atoms with Crippen LogP contribution < -0.4 is 9.64 Å². The molecular weight excluding hydrogens is 338 g/mol. The average molecular weight is 363 g/mol. The molecule has 3 aromatic rings. The second-order valence-corrected chi connectivity index (χ2v) is 7.54. The molecule has 0 bridgehead atoms. The molecule has 27 heavy (non-hydrogen) atoms. The summed E-state index contributed by atoms with van der Waals surface area (Å²) in [4.78, 5) is 19.6. The lowest BCUT2D eigenvalue weighted by atomic mass is 10.1. The summed E-state index contributed by atoms with van der Waals surface area (Å²) in [7, 11) is 1.64. The summed E-state index contributed by atoms with van der Waals surface area (Å²) in [6, 6.07) is 15.9. The molecule has 4 rings (SSSR count). The van der Waals surface area contributed by atoms with Crippen LogP contribution >= 0.6 is 0 Å². The van der Waals surface area contributed by atoms with Crippen LogP contribution in [0.25, 0.3) is 11.0 Å². The number of methoxy groups -OCH3 is 1. The lowest BCUT2D eigenvalue weighted by Gasteiger charge is -2.20. The van der Waals surface area contributed by atoms with Gasteiger partial charge in [0.2, 0.25) is 5.91 Å². The first-order valence-corrected chi connectivity index (χ1v) is 9.47. The Morgan fingerprint density at radius 1 is 1.15 bits per heavy atom. The third kappa shape index (κ3) is 3.18. The Morgan fingerprint density at radius 2 is 1.89 bits per heavy atom. The molecule has 1 amide bonds. The number of anilines is 1. The Balaban J connectivity index is 1.72. The number of fused-ring (bicyclic) bond motifs is 1. The molecule has 2 aromatic carbocycles. The number of benzene rings is 2. The summed E-state index contributed by atoms with van der Waals surface area (Å²) in [5, 5.41) is 0. The van der Waals surface area contributed by atoms with Crippen molar-refractivity contribution in [2.45, 2.75) is 32.7 Å². The second kappa shape index (κ2) is 7.06. The molecule has 1 aromatic heterocycles. The number of imidazole rings is 1. The maximum Gasteiger partial charge on any atom is 0.227 e. The van der Waals surface area contributed by atoms with Gasteiger partial charge in [0.15, 0.2) is 0 Å². The summed E-state index contributed by atoms with van der Waals surface area (Å²) < 4.78 is 7.75. The minimum absolute atomic E-state index is 0.0774. The van der Waals surface area contributed by atoms with Gasteiger partial charge >= 0.3 is 0 Å². The van der Waals surface area contributed by atoms with Gasteiger partial charge in [0.05, 0.1) is 23.8 Å². The normalized spacial score (nSPS) is 17.3. The van der Waals surface area contributed by atoms with Gasteiger partial charge in [-0.25, -0.2) is 4.98 Å². The Bertz CT molecular complexity index is 977. The fourth-order valence-electron chi connectivity index (χ4n) is 3.93. The second-order valence-electron chi connectivity index (χ2n) is 7.54. The van der Waals surface area contributed by atoms with Crippen LogP contribution in [0.2, 0.25) is 0 Å². The van der Waals surface area contributed by atoms with Crippen molar-refractivity contribution in [1.82, 2.24) is 9.55 Å². The summed E-state index contributed by atoms with van der Waals surface area (Å²) in [5.74, 6) is 2.43. The van der Waals surface area contributed by atoms with E-state index in [9.17, 15) is 4.79 Å². The van der Waals surface area contributed by atoms with Crippen molar-refractivity contribution in [3.63, 3.8) is 0 Å². The first-order chi connectivity index (χ1) is 13.1. The molecule has 1 aliphatic heterocycles. The summed E-state index contributed by atoms with van der Waals surface area (Å²) in [6.45, 7) is 5.94. The number of rotatable bonds is 5. The standard InChI is InChI=1S/C22H25N3O2/c1-15(2)13-25-18-9-5-4-8-17(18)23-22(25)16-12-21(26)24(14-16)19-10-6-7-11-20(19)27-3/h4-11,15-16H,12-14H2,1-3H3/t16-/m1/s1. The van der Waals surface area contributed by atoms with E-state index in [0.29, 0.717) is 18.9 Å². The van der Waals surface area contributed by atoms with Crippen molar-refractivity contribution in [1.29, 1.82) is 0 Å². The van der Waals surface area contributed by atoms with Gasteiger partial charge in [-0.3, -0.25) is 4.79 Å². The number of nitrogens with zero attached hydrogens (tertiary/aromatic N) is 3. The third-order valence-corrected chi connectivity index (χ3v) is 5.10. The zero-order valence-corrected chi connectivity index (χ0v) is 16.1. The topological polar surface area (TPSA) is 47.4 Å². The fourth-order valence-corrected chi connectivity index (χ4v) is 3.93. The zero-order chi connectivity index (χ0) is 19.0. The van der Waals surface area contributed by atoms with Gasteiger partial charge in [-0.15, -0.1) is 0 Å². The molecule has 0 radical (unpaired) electrons. The van der Waals surface area contributed by atoms with Gasteiger partial charge in [-0.05, 0) is 30.2 Å². The Labute approximate surface area is 159 Å². The molecule has 1 fully saturated rings. The fraction of sp³-hybridized carbons (Fsp3) is 0.364. The van der Waals surface area contributed by atoms with Crippen LogP contribution in [0, 0.1) is 5.92 Å². The van der Waals surface area contributed by atoms with Crippen molar-refractivity contribution < 1.29 is 9.53 Å². The van der Waals surface area contributed by atoms with Gasteiger partial charge in [-0.1, -0.05) is 38.1 Å². The van der Waals surface area contributed by atoms with Crippen molar-refractivity contribution in [3.05, 3.63) is 54.4 Å². The number of amides is 1. The van der Waals surface area contributed by atoms with Crippen LogP contribution in [0.4, 0.5) is 5.69 Å². The van der Waals surface area contributed by atoms with Crippen LogP contribution in [-0.2, 0) is 11.3 Å². The van der Waals surface area contributed by atoms with Crippen LogP contribution in [0.15, 0.2) is 48.5 Å². The molecule has 0 spiro atoms. The molecule has 5 nitrogen and oxygen atoms in total. The molecule has 1 saturated heterocycles. The molecule has 0 aliphatic carbocycles. The zero-order valence-electron chi connectivity index (χ0n) is 16.1. The van der Waals surface area contributed by atoms with Crippen molar-refractivity contribution >= 4 is 22.6 Å². The minimum atomic E-state index is 0.0774. The summed E-state index contributed by atoms with van der Waals surface area (Å²) in [6.07, 6.45) is 0.472. The lowest BCUT2D eigenvalue weighted by Crippen LogP contribution is -2.25. The Hall–Kier alpha value is -2.82. The number of carbonyl (C=O) groups excluding carboxylic acids is 1. The smallest absolute Gasteiger partial charge is 0.227 e. The maximum atomic E-state index is 12.8. The van der Waals surface area contributed by atoms with E-state index in [1.807, 2.05) is 47.4 Å². The van der Waals surface area contributed by atoms with Gasteiger partial charge in [0.25, 0.3) is 0 Å². The number of hydrogen-bond acceptors (Lipinski definition) is 3. The van der Waals surface area contributed by atoms with E-state index < -0.39 is 0 Å². The van der Waals surface area contributed by atoms with Crippen molar-refractivity contribution in [2.75, 3.05) is 18.6 Å². The van der Waals surface area contributed by atoms with Crippen LogP contribution in [-0.4, -0.2) is 29.1 Å². The van der Waals surface area contributed by atoms with E-state index in [1.165, 1.54) is 0 Å². The quantitative estimate of drug-likeness (QED) is 0.682. The third-order valence-electron chi connectivity index (χ3n) is 5.10. The molecule has 1 aliphatic rings. The van der Waals surface area contributed by atoms with Crippen LogP contribution in [0.5, 0.6) is 5.75 Å². The van der Waals surface area contributed by atoms with Gasteiger partial charge in [0, 0.05) is 25.4 Å². The first kappa shape index (κ1) is 17.6. The van der Waals surface area contributed by atoms with E-state index in [1.54, 1.807) is 7.11 Å². The molecule has 0 unspecified atom stereocenters. The highest BCUT2D eigenvalue weighted by Crippen LogP contribution is 2.37. The van der Waals surface area contributed by atoms with E-state index in [-0.39, 0.29) is 11.8 Å². The monoisotopic (exact) mass is 363 g/mol. The van der Waals surface area contributed by atoms with Crippen LogP contribution in [0.1, 0.15) is 32.0 Å². The van der Waals surface area contributed by atoms with Gasteiger partial charge < -0.3 is 14.2 Å². The van der Waals surface area contributed by atoms with Gasteiger partial charge in [-0.2, -0.15) is 0 Å². The first-order valence-electron chi connectivity index (χ1n) is 9.47. The van der Waals surface area contributed by atoms with E-state index >= 15 is 0 Å².